The number of aromatic nitrogens is 1. The van der Waals surface area contributed by atoms with E-state index in [1.807, 2.05) is 47.4 Å². The van der Waals surface area contributed by atoms with Crippen LogP contribution in [0.15, 0.2) is 91.3 Å². The lowest BCUT2D eigenvalue weighted by molar-refractivity contribution is -0.122. The molecule has 1 aliphatic carbocycles. The van der Waals surface area contributed by atoms with Gasteiger partial charge in [-0.3, -0.25) is 14.6 Å². The third-order valence-electron chi connectivity index (χ3n) is 8.11. The Morgan fingerprint density at radius 1 is 0.951 bits per heavy atom. The second-order valence-corrected chi connectivity index (χ2v) is 10.6. The molecule has 6 rings (SSSR count). The van der Waals surface area contributed by atoms with Crippen LogP contribution < -0.4 is 5.32 Å². The van der Waals surface area contributed by atoms with Gasteiger partial charge in [0.15, 0.2) is 0 Å². The van der Waals surface area contributed by atoms with Crippen molar-refractivity contribution in [2.24, 2.45) is 5.92 Å². The van der Waals surface area contributed by atoms with Crippen LogP contribution in [0, 0.1) is 5.92 Å². The fraction of sp³-hybridized carbons (Fsp3) is 0.235. The SMILES string of the molecule is COC(=O)c1cccc(-c2ccc(CNC(=O)[C@H]3C[C@@H]3c3ccccc3)c3c2CCN(C(=O)c2cccnc2)C3)c1. The molecule has 0 radical (unpaired) electrons. The van der Waals surface area contributed by atoms with Crippen molar-refractivity contribution in [3.05, 3.63) is 125 Å². The van der Waals surface area contributed by atoms with E-state index in [4.69, 9.17) is 4.74 Å². The minimum absolute atomic E-state index is 0.0165. The van der Waals surface area contributed by atoms with E-state index in [0.717, 1.165) is 34.2 Å². The van der Waals surface area contributed by atoms with Crippen LogP contribution >= 0.6 is 0 Å². The van der Waals surface area contributed by atoms with Crippen LogP contribution in [0.1, 0.15) is 55.3 Å². The second kappa shape index (κ2) is 11.4. The average molecular weight is 546 g/mol. The lowest BCUT2D eigenvalue weighted by atomic mass is 9.87. The molecule has 7 heteroatoms. The van der Waals surface area contributed by atoms with E-state index < -0.39 is 0 Å². The van der Waals surface area contributed by atoms with E-state index in [1.165, 1.54) is 12.7 Å². The van der Waals surface area contributed by atoms with E-state index in [-0.39, 0.29) is 29.6 Å². The zero-order valence-electron chi connectivity index (χ0n) is 22.9. The molecule has 2 atom stereocenters. The predicted molar refractivity (Wildman–Crippen MR) is 155 cm³/mol. The Labute approximate surface area is 239 Å². The maximum Gasteiger partial charge on any atom is 0.337 e. The van der Waals surface area contributed by atoms with Crippen molar-refractivity contribution in [1.29, 1.82) is 0 Å². The summed E-state index contributed by atoms with van der Waals surface area (Å²) < 4.78 is 4.93. The molecule has 1 aliphatic heterocycles. The summed E-state index contributed by atoms with van der Waals surface area (Å²) in [7, 11) is 1.37. The quantitative estimate of drug-likeness (QED) is 0.325. The van der Waals surface area contributed by atoms with Crippen molar-refractivity contribution >= 4 is 17.8 Å². The van der Waals surface area contributed by atoms with E-state index >= 15 is 0 Å². The van der Waals surface area contributed by atoms with Gasteiger partial charge in [-0.25, -0.2) is 4.79 Å². The van der Waals surface area contributed by atoms with Crippen LogP contribution in [0.3, 0.4) is 0 Å². The summed E-state index contributed by atoms with van der Waals surface area (Å²) in [6.45, 7) is 1.37. The Morgan fingerprint density at radius 3 is 2.56 bits per heavy atom. The first-order valence-electron chi connectivity index (χ1n) is 13.9. The number of esters is 1. The second-order valence-electron chi connectivity index (χ2n) is 10.6. The van der Waals surface area contributed by atoms with Crippen LogP contribution in [0.25, 0.3) is 11.1 Å². The largest absolute Gasteiger partial charge is 0.465 e. The first-order valence-corrected chi connectivity index (χ1v) is 13.9. The Bertz CT molecular complexity index is 1600. The molecule has 206 valence electrons. The molecular weight excluding hydrogens is 514 g/mol. The first kappa shape index (κ1) is 26.4. The minimum atomic E-state index is -0.387. The highest BCUT2D eigenvalue weighted by atomic mass is 16.5. The van der Waals surface area contributed by atoms with Crippen molar-refractivity contribution in [3.63, 3.8) is 0 Å². The number of nitrogens with zero attached hydrogens (tertiary/aromatic N) is 2. The Morgan fingerprint density at radius 2 is 1.78 bits per heavy atom. The summed E-state index contributed by atoms with van der Waals surface area (Å²) >= 11 is 0. The number of nitrogens with one attached hydrogen (secondary N) is 1. The van der Waals surface area contributed by atoms with Gasteiger partial charge in [-0.15, -0.1) is 0 Å². The van der Waals surface area contributed by atoms with Crippen molar-refractivity contribution in [2.75, 3.05) is 13.7 Å². The number of hydrogen-bond acceptors (Lipinski definition) is 5. The number of benzene rings is 3. The molecule has 4 aromatic rings. The summed E-state index contributed by atoms with van der Waals surface area (Å²) in [5.41, 5.74) is 7.31. The third-order valence-corrected chi connectivity index (χ3v) is 8.11. The van der Waals surface area contributed by atoms with Gasteiger partial charge in [0, 0.05) is 37.9 Å². The molecule has 0 unspecified atom stereocenters. The maximum atomic E-state index is 13.3. The molecule has 1 aromatic heterocycles. The molecular formula is C34H31N3O4. The van der Waals surface area contributed by atoms with Gasteiger partial charge in [0.25, 0.3) is 5.91 Å². The van der Waals surface area contributed by atoms with Crippen LogP contribution in [0.2, 0.25) is 0 Å². The number of ether oxygens (including phenoxy) is 1. The lowest BCUT2D eigenvalue weighted by Crippen LogP contribution is -2.37. The van der Waals surface area contributed by atoms with E-state index in [1.54, 1.807) is 30.6 Å². The Kier molecular flexibility index (Phi) is 7.33. The fourth-order valence-electron chi connectivity index (χ4n) is 5.82. The van der Waals surface area contributed by atoms with Crippen molar-refractivity contribution < 1.29 is 19.1 Å². The Hall–Kier alpha value is -4.78. The number of carbonyl (C=O) groups excluding carboxylic acids is 3. The van der Waals surface area contributed by atoms with Gasteiger partial charge in [-0.2, -0.15) is 0 Å². The zero-order chi connectivity index (χ0) is 28.3. The molecule has 2 amide bonds. The molecule has 1 N–H and O–H groups in total. The van der Waals surface area contributed by atoms with Gasteiger partial charge in [-0.05, 0) is 76.4 Å². The van der Waals surface area contributed by atoms with Crippen LogP contribution in [0.4, 0.5) is 0 Å². The molecule has 0 spiro atoms. The zero-order valence-corrected chi connectivity index (χ0v) is 22.9. The van der Waals surface area contributed by atoms with Gasteiger partial charge in [0.2, 0.25) is 5.91 Å². The summed E-state index contributed by atoms with van der Waals surface area (Å²) in [4.78, 5) is 44.6. The minimum Gasteiger partial charge on any atom is -0.465 e. The monoisotopic (exact) mass is 545 g/mol. The Balaban J connectivity index is 1.28. The predicted octanol–water partition coefficient (Wildman–Crippen LogP) is 5.15. The highest BCUT2D eigenvalue weighted by Gasteiger charge is 2.43. The van der Waals surface area contributed by atoms with Crippen LogP contribution in [-0.4, -0.2) is 41.3 Å². The average Bonchev–Trinajstić information content (AvgIpc) is 3.85. The summed E-state index contributed by atoms with van der Waals surface area (Å²) in [6.07, 6.45) is 4.75. The number of rotatable bonds is 7. The molecule has 0 bridgehead atoms. The number of pyridine rings is 1. The smallest absolute Gasteiger partial charge is 0.337 e. The standard InChI is InChI=1S/C34H31N3O4/c1-41-34(40)24-10-5-9-23(17-24)27-13-12-25(20-36-32(38)30-18-29(30)22-7-3-2-4-8-22)31-21-37(16-14-28(27)31)33(39)26-11-6-15-35-19-26/h2-13,15,17,19,29-30H,14,16,18,20-21H2,1H3,(H,36,38)/t29-,30+/m1/s1. The number of carbonyl (C=O) groups is 3. The molecule has 1 fully saturated rings. The van der Waals surface area contributed by atoms with E-state index in [0.29, 0.717) is 37.2 Å². The number of amides is 2. The molecule has 2 heterocycles. The van der Waals surface area contributed by atoms with Gasteiger partial charge in [0.1, 0.15) is 0 Å². The van der Waals surface area contributed by atoms with E-state index in [9.17, 15) is 14.4 Å². The van der Waals surface area contributed by atoms with Gasteiger partial charge in [0.05, 0.1) is 18.2 Å². The fourth-order valence-corrected chi connectivity index (χ4v) is 5.82. The van der Waals surface area contributed by atoms with Crippen molar-refractivity contribution in [2.45, 2.75) is 31.8 Å². The van der Waals surface area contributed by atoms with Gasteiger partial charge < -0.3 is 15.0 Å². The molecule has 0 saturated heterocycles. The van der Waals surface area contributed by atoms with E-state index in [2.05, 4.69) is 28.5 Å². The highest BCUT2D eigenvalue weighted by molar-refractivity contribution is 5.94. The topological polar surface area (TPSA) is 88.6 Å². The molecule has 3 aromatic carbocycles. The number of fused-ring (bicyclic) bond motifs is 1. The summed E-state index contributed by atoms with van der Waals surface area (Å²) in [6, 6.07) is 25.2. The lowest BCUT2D eigenvalue weighted by Gasteiger charge is -2.32. The van der Waals surface area contributed by atoms with Gasteiger partial charge in [-0.1, -0.05) is 54.6 Å². The normalized spacial score (nSPS) is 17.3. The summed E-state index contributed by atoms with van der Waals surface area (Å²) in [5, 5.41) is 3.16. The molecule has 7 nitrogen and oxygen atoms in total. The first-order chi connectivity index (χ1) is 20.0. The van der Waals surface area contributed by atoms with Crippen molar-refractivity contribution in [1.82, 2.24) is 15.2 Å². The van der Waals surface area contributed by atoms with Gasteiger partial charge >= 0.3 is 5.97 Å². The summed E-state index contributed by atoms with van der Waals surface area (Å²) in [5.74, 6) is -0.149. The molecule has 1 saturated carbocycles. The molecule has 41 heavy (non-hydrogen) atoms. The van der Waals surface area contributed by atoms with Crippen molar-refractivity contribution in [3.8, 4) is 11.1 Å². The highest BCUT2D eigenvalue weighted by Crippen LogP contribution is 2.47. The van der Waals surface area contributed by atoms with Crippen LogP contribution in [-0.2, 0) is 29.0 Å². The maximum absolute atomic E-state index is 13.3. The van der Waals surface area contributed by atoms with Crippen LogP contribution in [0.5, 0.6) is 0 Å². The number of hydrogen-bond donors (Lipinski definition) is 1. The molecule has 2 aliphatic rings. The number of methoxy groups -OCH3 is 1. The third kappa shape index (κ3) is 5.48.